The number of nitrogens with zero attached hydrogens (tertiary/aromatic N) is 4. The molecule has 10 heteroatoms. The van der Waals surface area contributed by atoms with E-state index in [0.717, 1.165) is 0 Å². The Labute approximate surface area is 183 Å². The molecule has 3 aromatic rings. The van der Waals surface area contributed by atoms with Crippen molar-refractivity contribution in [2.45, 2.75) is 43.5 Å². The van der Waals surface area contributed by atoms with Crippen molar-refractivity contribution in [3.8, 4) is 6.07 Å². The molecule has 2 aliphatic rings. The Balaban J connectivity index is 1.49. The first kappa shape index (κ1) is 20.4. The van der Waals surface area contributed by atoms with E-state index in [9.17, 15) is 10.1 Å². The Bertz CT molecular complexity index is 1220. The van der Waals surface area contributed by atoms with Gasteiger partial charge in [0.1, 0.15) is 42.8 Å². The van der Waals surface area contributed by atoms with Crippen molar-refractivity contribution in [2.24, 2.45) is 0 Å². The molecule has 0 aliphatic carbocycles. The molecule has 4 atom stereocenters. The molecular formula is C22H21N5O5. The topological polar surface area (TPSA) is 134 Å². The highest BCUT2D eigenvalue weighted by molar-refractivity contribution is 5.89. The van der Waals surface area contributed by atoms with Gasteiger partial charge >= 0.3 is 5.97 Å². The van der Waals surface area contributed by atoms with Gasteiger partial charge in [0.2, 0.25) is 5.60 Å². The molecule has 0 radical (unpaired) electrons. The summed E-state index contributed by atoms with van der Waals surface area (Å²) in [6.07, 6.45) is -0.795. The summed E-state index contributed by atoms with van der Waals surface area (Å²) < 4.78 is 25.5. The van der Waals surface area contributed by atoms with Crippen LogP contribution in [0.3, 0.4) is 0 Å². The molecule has 10 nitrogen and oxygen atoms in total. The molecule has 2 aliphatic heterocycles. The maximum Gasteiger partial charge on any atom is 0.338 e. The molecule has 32 heavy (non-hydrogen) atoms. The normalized spacial score (nSPS) is 28.3. The highest BCUT2D eigenvalue weighted by atomic mass is 16.8. The predicted molar refractivity (Wildman–Crippen MR) is 110 cm³/mol. The van der Waals surface area contributed by atoms with E-state index < -0.39 is 35.7 Å². The number of benzene rings is 1. The van der Waals surface area contributed by atoms with Gasteiger partial charge in [-0.1, -0.05) is 18.2 Å². The average molecular weight is 435 g/mol. The number of esters is 1. The third kappa shape index (κ3) is 3.18. The van der Waals surface area contributed by atoms with Crippen molar-refractivity contribution in [3.05, 3.63) is 60.0 Å². The minimum absolute atomic E-state index is 0.313. The lowest BCUT2D eigenvalue weighted by Gasteiger charge is -2.28. The van der Waals surface area contributed by atoms with Crippen molar-refractivity contribution in [1.29, 1.82) is 5.26 Å². The minimum atomic E-state index is -1.57. The fourth-order valence-electron chi connectivity index (χ4n) is 4.22. The Kier molecular flexibility index (Phi) is 4.63. The van der Waals surface area contributed by atoms with E-state index in [0.29, 0.717) is 22.6 Å². The smallest absolute Gasteiger partial charge is 0.338 e. The number of ether oxygens (including phenoxy) is 4. The Hall–Kier alpha value is -3.52. The van der Waals surface area contributed by atoms with E-state index in [2.05, 4.69) is 16.2 Å². The Morgan fingerprint density at radius 3 is 2.75 bits per heavy atom. The lowest BCUT2D eigenvalue weighted by molar-refractivity contribution is -0.205. The van der Waals surface area contributed by atoms with Crippen LogP contribution in [-0.2, 0) is 18.9 Å². The van der Waals surface area contributed by atoms with Gasteiger partial charge in [0.25, 0.3) is 0 Å². The van der Waals surface area contributed by atoms with Crippen LogP contribution in [0.25, 0.3) is 5.52 Å². The number of nitrogen functional groups attached to an aromatic ring is 1. The van der Waals surface area contributed by atoms with Gasteiger partial charge in [-0.3, -0.25) is 0 Å². The van der Waals surface area contributed by atoms with Crippen LogP contribution in [0, 0.1) is 11.3 Å². The molecule has 0 spiro atoms. The van der Waals surface area contributed by atoms with Gasteiger partial charge in [0.15, 0.2) is 11.6 Å². The monoisotopic (exact) mass is 435 g/mol. The molecule has 1 aromatic carbocycles. The summed E-state index contributed by atoms with van der Waals surface area (Å²) in [5, 5.41) is 14.4. The highest BCUT2D eigenvalue weighted by Crippen LogP contribution is 2.50. The lowest BCUT2D eigenvalue weighted by atomic mass is 9.96. The first-order chi connectivity index (χ1) is 15.3. The average Bonchev–Trinajstić information content (AvgIpc) is 3.44. The van der Waals surface area contributed by atoms with Gasteiger partial charge in [-0.15, -0.1) is 0 Å². The summed E-state index contributed by atoms with van der Waals surface area (Å²) >= 11 is 0. The first-order valence-electron chi connectivity index (χ1n) is 10.1. The van der Waals surface area contributed by atoms with Crippen molar-refractivity contribution in [3.63, 3.8) is 0 Å². The summed E-state index contributed by atoms with van der Waals surface area (Å²) in [5.41, 5.74) is 5.98. The number of nitriles is 1. The summed E-state index contributed by atoms with van der Waals surface area (Å²) in [7, 11) is 0. The zero-order valence-corrected chi connectivity index (χ0v) is 17.5. The molecule has 2 fully saturated rings. The lowest BCUT2D eigenvalue weighted by Crippen LogP contribution is -2.46. The minimum Gasteiger partial charge on any atom is -0.458 e. The molecule has 2 aromatic heterocycles. The zero-order chi connectivity index (χ0) is 22.5. The second kappa shape index (κ2) is 7.27. The number of nitrogens with two attached hydrogens (primary N) is 1. The van der Waals surface area contributed by atoms with Crippen LogP contribution in [0.5, 0.6) is 0 Å². The van der Waals surface area contributed by atoms with Gasteiger partial charge in [0, 0.05) is 0 Å². The van der Waals surface area contributed by atoms with Gasteiger partial charge < -0.3 is 24.7 Å². The third-order valence-electron chi connectivity index (χ3n) is 5.64. The fourth-order valence-corrected chi connectivity index (χ4v) is 4.22. The molecule has 0 saturated carbocycles. The molecular weight excluding hydrogens is 414 g/mol. The maximum absolute atomic E-state index is 12.5. The summed E-state index contributed by atoms with van der Waals surface area (Å²) in [6, 6.07) is 14.3. The van der Waals surface area contributed by atoms with Crippen molar-refractivity contribution in [2.75, 3.05) is 12.3 Å². The van der Waals surface area contributed by atoms with Crippen LogP contribution in [-0.4, -0.2) is 50.8 Å². The number of hydrogen-bond donors (Lipinski definition) is 1. The number of aromatic nitrogens is 3. The number of rotatable bonds is 4. The molecule has 4 heterocycles. The van der Waals surface area contributed by atoms with E-state index in [1.807, 2.05) is 0 Å². The molecule has 5 rings (SSSR count). The number of fused-ring (bicyclic) bond motifs is 2. The van der Waals surface area contributed by atoms with Crippen LogP contribution in [0.4, 0.5) is 5.82 Å². The van der Waals surface area contributed by atoms with Crippen molar-refractivity contribution in [1.82, 2.24) is 14.6 Å². The number of carbonyl (C=O) groups is 1. The Morgan fingerprint density at radius 1 is 1.22 bits per heavy atom. The molecule has 0 unspecified atom stereocenters. The fraction of sp³-hybridized carbons (Fsp3) is 0.364. The number of anilines is 1. The molecule has 2 N–H and O–H groups in total. The van der Waals surface area contributed by atoms with E-state index in [-0.39, 0.29) is 6.61 Å². The molecule has 2 saturated heterocycles. The van der Waals surface area contributed by atoms with Gasteiger partial charge in [-0.2, -0.15) is 10.4 Å². The summed E-state index contributed by atoms with van der Waals surface area (Å²) in [4.78, 5) is 16.5. The quantitative estimate of drug-likeness (QED) is 0.611. The van der Waals surface area contributed by atoms with Crippen LogP contribution >= 0.6 is 0 Å². The predicted octanol–water partition coefficient (Wildman–Crippen LogP) is 2.02. The van der Waals surface area contributed by atoms with Gasteiger partial charge in [-0.05, 0) is 38.1 Å². The third-order valence-corrected chi connectivity index (χ3v) is 5.64. The van der Waals surface area contributed by atoms with E-state index in [4.69, 9.17) is 24.7 Å². The number of hydrogen-bond acceptors (Lipinski definition) is 9. The van der Waals surface area contributed by atoms with Crippen LogP contribution in [0.1, 0.15) is 36.0 Å². The standard InChI is InChI=1S/C22H21N5O5/c1-21(2)30-17-16(14-8-9-15-19(24)25-12-26-27(14)15)31-22(10-23,18(17)32-21)11-29-20(28)13-6-4-3-5-7-13/h3-9,12,16-18H,11H2,1-2H3,(H2,24,25,26)/t16-,17-,18-,22+/m0/s1. The van der Waals surface area contributed by atoms with Crippen molar-refractivity contribution < 1.29 is 23.7 Å². The van der Waals surface area contributed by atoms with Crippen molar-refractivity contribution >= 4 is 17.3 Å². The summed E-state index contributed by atoms with van der Waals surface area (Å²) in [5.74, 6) is -1.20. The van der Waals surface area contributed by atoms with E-state index in [1.165, 1.54) is 6.33 Å². The van der Waals surface area contributed by atoms with Gasteiger partial charge in [0.05, 0.1) is 11.3 Å². The van der Waals surface area contributed by atoms with Crippen LogP contribution in [0.15, 0.2) is 48.8 Å². The molecule has 0 amide bonds. The highest BCUT2D eigenvalue weighted by Gasteiger charge is 2.65. The largest absolute Gasteiger partial charge is 0.458 e. The zero-order valence-electron chi connectivity index (χ0n) is 17.5. The van der Waals surface area contributed by atoms with Crippen LogP contribution < -0.4 is 5.73 Å². The van der Waals surface area contributed by atoms with E-state index in [1.54, 1.807) is 60.8 Å². The molecule has 164 valence electrons. The molecule has 0 bridgehead atoms. The second-order valence-corrected chi connectivity index (χ2v) is 8.20. The first-order valence-corrected chi connectivity index (χ1v) is 10.1. The second-order valence-electron chi connectivity index (χ2n) is 8.20. The number of carbonyl (C=O) groups excluding carboxylic acids is 1. The summed E-state index contributed by atoms with van der Waals surface area (Å²) in [6.45, 7) is 3.20. The maximum atomic E-state index is 12.5. The SMILES string of the molecule is CC1(C)O[C@H]2[C@H](c3ccc4c(N)ncnn34)O[C@](C#N)(COC(=O)c3ccccc3)[C@H]2O1. The Morgan fingerprint density at radius 2 is 2.00 bits per heavy atom. The van der Waals surface area contributed by atoms with E-state index >= 15 is 0 Å². The van der Waals surface area contributed by atoms with Crippen LogP contribution in [0.2, 0.25) is 0 Å². The van der Waals surface area contributed by atoms with Gasteiger partial charge in [-0.25, -0.2) is 14.3 Å².